The average Bonchev–Trinajstić information content (AvgIpc) is 2.80. The summed E-state index contributed by atoms with van der Waals surface area (Å²) in [5, 5.41) is 2.83. The first kappa shape index (κ1) is 18.0. The molecule has 0 spiro atoms. The van der Waals surface area contributed by atoms with Crippen LogP contribution >= 0.6 is 0 Å². The van der Waals surface area contributed by atoms with Crippen molar-refractivity contribution in [1.82, 2.24) is 5.32 Å². The average molecular weight is 383 g/mol. The third kappa shape index (κ3) is 3.11. The summed E-state index contributed by atoms with van der Waals surface area (Å²) in [5.74, 6) is 0.658. The number of benzene rings is 3. The number of anilines is 1. The molecule has 2 unspecified atom stereocenters. The maximum absolute atomic E-state index is 12.6. The Bertz CT molecular complexity index is 957. The Labute approximate surface area is 172 Å². The summed E-state index contributed by atoms with van der Waals surface area (Å²) in [6.07, 6.45) is 2.17. The van der Waals surface area contributed by atoms with Crippen molar-refractivity contribution in [2.24, 2.45) is 0 Å². The molecule has 3 aromatic rings. The molecule has 2 aliphatic rings. The molecule has 2 heterocycles. The molecule has 0 saturated heterocycles. The summed E-state index contributed by atoms with van der Waals surface area (Å²) in [7, 11) is 1.71. The molecular weight excluding hydrogens is 356 g/mol. The largest absolute Gasteiger partial charge is 0.371 e. The van der Waals surface area contributed by atoms with Gasteiger partial charge in [0.25, 0.3) is 5.91 Å². The monoisotopic (exact) mass is 382 g/mol. The second kappa shape index (κ2) is 7.40. The molecule has 2 aliphatic heterocycles. The molecule has 0 radical (unpaired) electrons. The van der Waals surface area contributed by atoms with Crippen molar-refractivity contribution in [3.05, 3.63) is 101 Å². The Kier molecular flexibility index (Phi) is 4.59. The third-order valence-corrected chi connectivity index (χ3v) is 6.50. The van der Waals surface area contributed by atoms with Crippen LogP contribution in [-0.4, -0.2) is 26.0 Å². The highest BCUT2D eigenvalue weighted by Crippen LogP contribution is 2.48. The molecule has 0 saturated carbocycles. The standard InChI is InChI=1S/C26H26N2O/c1-27-26(29)20-16-23-21(18-8-4-2-5-9-18)12-14-28-15-13-22(24(17-20)25(23)28)19-10-6-3-7-11-19/h2-11,16-17,21-22H,12-15H2,1H3,(H,27,29). The predicted molar refractivity (Wildman–Crippen MR) is 118 cm³/mol. The number of hydrogen-bond donors (Lipinski definition) is 1. The van der Waals surface area contributed by atoms with Gasteiger partial charge in [0.2, 0.25) is 0 Å². The first-order chi connectivity index (χ1) is 14.3. The molecule has 146 valence electrons. The lowest BCUT2D eigenvalue weighted by atomic mass is 9.76. The molecule has 1 N–H and O–H groups in total. The van der Waals surface area contributed by atoms with E-state index in [0.29, 0.717) is 11.8 Å². The maximum Gasteiger partial charge on any atom is 0.251 e. The van der Waals surface area contributed by atoms with Crippen LogP contribution in [0.5, 0.6) is 0 Å². The van der Waals surface area contributed by atoms with Gasteiger partial charge in [-0.2, -0.15) is 0 Å². The minimum Gasteiger partial charge on any atom is -0.371 e. The summed E-state index contributed by atoms with van der Waals surface area (Å²) in [5.41, 5.74) is 7.42. The summed E-state index contributed by atoms with van der Waals surface area (Å²) in [6, 6.07) is 25.7. The summed E-state index contributed by atoms with van der Waals surface area (Å²) >= 11 is 0. The van der Waals surface area contributed by atoms with Crippen molar-refractivity contribution >= 4 is 11.6 Å². The van der Waals surface area contributed by atoms with Gasteiger partial charge in [0.05, 0.1) is 0 Å². The quantitative estimate of drug-likeness (QED) is 0.697. The zero-order valence-corrected chi connectivity index (χ0v) is 16.8. The van der Waals surface area contributed by atoms with Crippen LogP contribution in [0.3, 0.4) is 0 Å². The lowest BCUT2D eigenvalue weighted by molar-refractivity contribution is 0.0963. The minimum atomic E-state index is -0.00892. The van der Waals surface area contributed by atoms with E-state index >= 15 is 0 Å². The number of rotatable bonds is 3. The molecule has 5 rings (SSSR count). The van der Waals surface area contributed by atoms with E-state index < -0.39 is 0 Å². The highest BCUT2D eigenvalue weighted by atomic mass is 16.1. The first-order valence-corrected chi connectivity index (χ1v) is 10.5. The number of nitrogens with zero attached hydrogens (tertiary/aromatic N) is 1. The molecule has 0 bridgehead atoms. The van der Waals surface area contributed by atoms with E-state index in [0.717, 1.165) is 31.5 Å². The molecular formula is C26H26N2O. The molecule has 0 aliphatic carbocycles. The molecule has 3 nitrogen and oxygen atoms in total. The van der Waals surface area contributed by atoms with E-state index in [4.69, 9.17) is 0 Å². The Morgan fingerprint density at radius 2 is 1.31 bits per heavy atom. The van der Waals surface area contributed by atoms with Crippen LogP contribution in [0.1, 0.15) is 57.3 Å². The van der Waals surface area contributed by atoms with Gasteiger partial charge in [-0.15, -0.1) is 0 Å². The number of nitrogens with one attached hydrogen (secondary N) is 1. The minimum absolute atomic E-state index is 0.00892. The Morgan fingerprint density at radius 1 is 0.828 bits per heavy atom. The van der Waals surface area contributed by atoms with Gasteiger partial charge in [-0.1, -0.05) is 60.7 Å². The molecule has 3 heteroatoms. The normalized spacial score (nSPS) is 20.1. The molecule has 2 atom stereocenters. The zero-order chi connectivity index (χ0) is 19.8. The first-order valence-electron chi connectivity index (χ1n) is 10.5. The maximum atomic E-state index is 12.6. The van der Waals surface area contributed by atoms with Gasteiger partial charge in [-0.25, -0.2) is 0 Å². The van der Waals surface area contributed by atoms with Crippen LogP contribution in [0.2, 0.25) is 0 Å². The van der Waals surface area contributed by atoms with Crippen molar-refractivity contribution in [1.29, 1.82) is 0 Å². The van der Waals surface area contributed by atoms with Crippen molar-refractivity contribution in [3.8, 4) is 0 Å². The van der Waals surface area contributed by atoms with Crippen molar-refractivity contribution in [2.75, 3.05) is 25.0 Å². The van der Waals surface area contributed by atoms with Gasteiger partial charge in [0.15, 0.2) is 0 Å². The van der Waals surface area contributed by atoms with Crippen molar-refractivity contribution in [2.45, 2.75) is 24.7 Å². The summed E-state index contributed by atoms with van der Waals surface area (Å²) < 4.78 is 0. The predicted octanol–water partition coefficient (Wildman–Crippen LogP) is 4.92. The van der Waals surface area contributed by atoms with E-state index in [1.165, 1.54) is 27.9 Å². The Hall–Kier alpha value is -3.07. The van der Waals surface area contributed by atoms with Crippen molar-refractivity contribution < 1.29 is 4.79 Å². The fraction of sp³-hybridized carbons (Fsp3) is 0.269. The fourth-order valence-corrected chi connectivity index (χ4v) is 5.13. The second-order valence-corrected chi connectivity index (χ2v) is 8.07. The van der Waals surface area contributed by atoms with E-state index in [-0.39, 0.29) is 5.91 Å². The highest BCUT2D eigenvalue weighted by Gasteiger charge is 2.35. The van der Waals surface area contributed by atoms with Gasteiger partial charge < -0.3 is 10.2 Å². The fourth-order valence-electron chi connectivity index (χ4n) is 5.13. The van der Waals surface area contributed by atoms with Crippen LogP contribution in [0.25, 0.3) is 0 Å². The number of hydrogen-bond acceptors (Lipinski definition) is 2. The topological polar surface area (TPSA) is 32.3 Å². The van der Waals surface area contributed by atoms with Crippen LogP contribution in [0.4, 0.5) is 5.69 Å². The zero-order valence-electron chi connectivity index (χ0n) is 16.8. The molecule has 1 amide bonds. The second-order valence-electron chi connectivity index (χ2n) is 8.07. The van der Waals surface area contributed by atoms with Gasteiger partial charge >= 0.3 is 0 Å². The number of carbonyl (C=O) groups excluding carboxylic acids is 1. The van der Waals surface area contributed by atoms with E-state index in [1.54, 1.807) is 7.05 Å². The van der Waals surface area contributed by atoms with E-state index in [1.807, 2.05) is 0 Å². The van der Waals surface area contributed by atoms with Crippen LogP contribution in [0.15, 0.2) is 72.8 Å². The lowest BCUT2D eigenvalue weighted by Crippen LogP contribution is -2.38. The van der Waals surface area contributed by atoms with Gasteiger partial charge in [0, 0.05) is 43.2 Å². The lowest BCUT2D eigenvalue weighted by Gasteiger charge is -2.43. The number of carbonyl (C=O) groups is 1. The Morgan fingerprint density at radius 3 is 1.76 bits per heavy atom. The van der Waals surface area contributed by atoms with Gasteiger partial charge in [-0.05, 0) is 47.2 Å². The van der Waals surface area contributed by atoms with Gasteiger partial charge in [0.1, 0.15) is 0 Å². The number of amides is 1. The van der Waals surface area contributed by atoms with Crippen LogP contribution < -0.4 is 10.2 Å². The van der Waals surface area contributed by atoms with E-state index in [2.05, 4.69) is 83.0 Å². The van der Waals surface area contributed by atoms with Gasteiger partial charge in [-0.3, -0.25) is 4.79 Å². The van der Waals surface area contributed by atoms with Crippen LogP contribution in [0, 0.1) is 0 Å². The smallest absolute Gasteiger partial charge is 0.251 e. The molecule has 29 heavy (non-hydrogen) atoms. The Balaban J connectivity index is 1.72. The molecule has 0 aromatic heterocycles. The molecule has 3 aromatic carbocycles. The summed E-state index contributed by atoms with van der Waals surface area (Å²) in [6.45, 7) is 2.14. The molecule has 0 fully saturated rings. The SMILES string of the molecule is CNC(=O)c1cc2c3c(c1)C(c1ccccc1)CCN3CCC2c1ccccc1. The third-order valence-electron chi connectivity index (χ3n) is 6.50. The van der Waals surface area contributed by atoms with Crippen LogP contribution in [-0.2, 0) is 0 Å². The summed E-state index contributed by atoms with van der Waals surface area (Å²) in [4.78, 5) is 15.2. The van der Waals surface area contributed by atoms with E-state index in [9.17, 15) is 4.79 Å². The van der Waals surface area contributed by atoms with Crippen molar-refractivity contribution in [3.63, 3.8) is 0 Å². The highest BCUT2D eigenvalue weighted by molar-refractivity contribution is 5.95.